The van der Waals surface area contributed by atoms with Crippen molar-refractivity contribution >= 4 is 17.9 Å². The van der Waals surface area contributed by atoms with Crippen molar-refractivity contribution in [2.24, 2.45) is 0 Å². The summed E-state index contributed by atoms with van der Waals surface area (Å²) in [4.78, 5) is 38.2. The molecule has 0 aliphatic carbocycles. The van der Waals surface area contributed by atoms with Crippen LogP contribution in [0.5, 0.6) is 0 Å². The minimum Gasteiger partial charge on any atom is -0.462 e. The number of esters is 3. The SMILES string of the molecule is CCCCC/C=C\C/C=C\CCCCCCCCCCCC(=O)OC(COC(=O)CCCCCCCCCCC)COC(=O)CCCCCCCCCCCCCCCCCCCCC/C=C\C/C=C\CCCCCCC. The van der Waals surface area contributed by atoms with Gasteiger partial charge in [0.15, 0.2) is 6.10 Å². The fourth-order valence-corrected chi connectivity index (χ4v) is 10.2. The maximum atomic E-state index is 12.9. The lowest BCUT2D eigenvalue weighted by molar-refractivity contribution is -0.167. The Hall–Kier alpha value is -2.63. The molecular weight excluding hydrogens is 949 g/mol. The van der Waals surface area contributed by atoms with Crippen molar-refractivity contribution in [1.29, 1.82) is 0 Å². The van der Waals surface area contributed by atoms with Gasteiger partial charge in [0, 0.05) is 19.3 Å². The largest absolute Gasteiger partial charge is 0.462 e. The van der Waals surface area contributed by atoms with Crippen molar-refractivity contribution in [1.82, 2.24) is 0 Å². The molecule has 0 rings (SSSR count). The highest BCUT2D eigenvalue weighted by Crippen LogP contribution is 2.18. The van der Waals surface area contributed by atoms with Gasteiger partial charge < -0.3 is 14.2 Å². The molecule has 0 aliphatic heterocycles. The maximum Gasteiger partial charge on any atom is 0.306 e. The summed E-state index contributed by atoms with van der Waals surface area (Å²) in [5, 5.41) is 0. The third-order valence-electron chi connectivity index (χ3n) is 15.3. The van der Waals surface area contributed by atoms with E-state index in [0.29, 0.717) is 19.3 Å². The number of carbonyl (C=O) groups excluding carboxylic acids is 3. The molecule has 0 amide bonds. The first kappa shape index (κ1) is 74.4. The fourth-order valence-electron chi connectivity index (χ4n) is 10.2. The van der Waals surface area contributed by atoms with Gasteiger partial charge in [-0.2, -0.15) is 0 Å². The normalized spacial score (nSPS) is 12.3. The number of ether oxygens (including phenoxy) is 3. The van der Waals surface area contributed by atoms with Crippen LogP contribution in [0.15, 0.2) is 48.6 Å². The van der Waals surface area contributed by atoms with E-state index in [1.165, 1.54) is 257 Å². The van der Waals surface area contributed by atoms with E-state index in [2.05, 4.69) is 69.4 Å². The lowest BCUT2D eigenvalue weighted by Crippen LogP contribution is -2.30. The third-order valence-corrected chi connectivity index (χ3v) is 15.3. The molecule has 0 heterocycles. The number of rotatable bonds is 63. The summed E-state index contributed by atoms with van der Waals surface area (Å²) in [7, 11) is 0. The van der Waals surface area contributed by atoms with E-state index in [0.717, 1.165) is 70.6 Å². The lowest BCUT2D eigenvalue weighted by Gasteiger charge is -2.18. The topological polar surface area (TPSA) is 78.9 Å². The Labute approximate surface area is 479 Å². The zero-order valence-corrected chi connectivity index (χ0v) is 51.7. The molecule has 6 heteroatoms. The molecule has 0 bridgehead atoms. The first-order valence-corrected chi connectivity index (χ1v) is 34.1. The smallest absolute Gasteiger partial charge is 0.306 e. The number of hydrogen-bond donors (Lipinski definition) is 0. The number of hydrogen-bond acceptors (Lipinski definition) is 6. The first-order valence-electron chi connectivity index (χ1n) is 34.1. The van der Waals surface area contributed by atoms with Gasteiger partial charge in [-0.25, -0.2) is 0 Å². The molecule has 1 atom stereocenters. The van der Waals surface area contributed by atoms with E-state index in [1.807, 2.05) is 0 Å². The van der Waals surface area contributed by atoms with E-state index in [-0.39, 0.29) is 31.1 Å². The molecular formula is C71H130O6. The monoisotopic (exact) mass is 1080 g/mol. The van der Waals surface area contributed by atoms with Gasteiger partial charge in [0.2, 0.25) is 0 Å². The minimum absolute atomic E-state index is 0.0699. The van der Waals surface area contributed by atoms with Crippen LogP contribution in [-0.4, -0.2) is 37.2 Å². The predicted octanol–water partition coefficient (Wildman–Crippen LogP) is 23.3. The van der Waals surface area contributed by atoms with Gasteiger partial charge in [0.25, 0.3) is 0 Å². The van der Waals surface area contributed by atoms with E-state index in [4.69, 9.17) is 14.2 Å². The molecule has 1 unspecified atom stereocenters. The van der Waals surface area contributed by atoms with Crippen molar-refractivity contribution in [3.05, 3.63) is 48.6 Å². The van der Waals surface area contributed by atoms with E-state index >= 15 is 0 Å². The van der Waals surface area contributed by atoms with Gasteiger partial charge in [-0.3, -0.25) is 14.4 Å². The van der Waals surface area contributed by atoms with Crippen LogP contribution < -0.4 is 0 Å². The summed E-state index contributed by atoms with van der Waals surface area (Å²) < 4.78 is 16.9. The van der Waals surface area contributed by atoms with Gasteiger partial charge in [0.05, 0.1) is 0 Å². The van der Waals surface area contributed by atoms with E-state index in [1.54, 1.807) is 0 Å². The van der Waals surface area contributed by atoms with Crippen LogP contribution in [0.3, 0.4) is 0 Å². The molecule has 0 N–H and O–H groups in total. The molecule has 77 heavy (non-hydrogen) atoms. The Morgan fingerprint density at radius 3 is 0.740 bits per heavy atom. The first-order chi connectivity index (χ1) is 38.0. The van der Waals surface area contributed by atoms with Gasteiger partial charge in [0.1, 0.15) is 13.2 Å². The molecule has 0 aliphatic rings. The summed E-state index contributed by atoms with van der Waals surface area (Å²) in [6, 6.07) is 0. The molecule has 6 nitrogen and oxygen atoms in total. The molecule has 0 saturated carbocycles. The Balaban J connectivity index is 4.08. The van der Waals surface area contributed by atoms with Crippen LogP contribution in [0, 0.1) is 0 Å². The lowest BCUT2D eigenvalue weighted by atomic mass is 10.0. The van der Waals surface area contributed by atoms with Crippen molar-refractivity contribution in [3.8, 4) is 0 Å². The standard InChI is InChI=1S/C71H130O6/c1-4-7-10-13-16-19-21-23-25-27-29-30-31-32-33-34-35-36-37-38-39-40-42-43-45-47-49-52-55-58-61-64-70(73)76-67-68(66-75-69(72)63-60-57-54-51-18-15-12-9-6-3)77-71(74)65-62-59-56-53-50-48-46-44-41-28-26-24-22-20-17-14-11-8-5-2/h17,20-21,23-24,26-27,29,68H,4-16,18-19,22,25,28,30-67H2,1-3H3/b20-17-,23-21-,26-24-,29-27-. The average molecular weight is 1080 g/mol. The molecule has 0 aromatic rings. The summed E-state index contributed by atoms with van der Waals surface area (Å²) in [6.07, 6.45) is 82.9. The molecule has 0 radical (unpaired) electrons. The highest BCUT2D eigenvalue weighted by atomic mass is 16.6. The highest BCUT2D eigenvalue weighted by molar-refractivity contribution is 5.71. The molecule has 0 aromatic heterocycles. The highest BCUT2D eigenvalue weighted by Gasteiger charge is 2.19. The molecule has 0 fully saturated rings. The Kier molecular flexibility index (Phi) is 63.6. The van der Waals surface area contributed by atoms with Crippen molar-refractivity contribution < 1.29 is 28.6 Å². The van der Waals surface area contributed by atoms with Gasteiger partial charge in [-0.1, -0.05) is 313 Å². The second-order valence-corrected chi connectivity index (χ2v) is 23.1. The fraction of sp³-hybridized carbons (Fsp3) is 0.845. The zero-order chi connectivity index (χ0) is 55.7. The third kappa shape index (κ3) is 64.1. The van der Waals surface area contributed by atoms with Gasteiger partial charge in [-0.15, -0.1) is 0 Å². The van der Waals surface area contributed by atoms with Gasteiger partial charge >= 0.3 is 17.9 Å². The Morgan fingerprint density at radius 1 is 0.260 bits per heavy atom. The summed E-state index contributed by atoms with van der Waals surface area (Å²) in [5.41, 5.74) is 0. The summed E-state index contributed by atoms with van der Waals surface area (Å²) in [6.45, 7) is 6.63. The quantitative estimate of drug-likeness (QED) is 0.0261. The van der Waals surface area contributed by atoms with Crippen LogP contribution in [0.25, 0.3) is 0 Å². The van der Waals surface area contributed by atoms with Gasteiger partial charge in [-0.05, 0) is 83.5 Å². The van der Waals surface area contributed by atoms with Crippen LogP contribution >= 0.6 is 0 Å². The van der Waals surface area contributed by atoms with E-state index < -0.39 is 6.10 Å². The van der Waals surface area contributed by atoms with Crippen molar-refractivity contribution in [3.63, 3.8) is 0 Å². The Bertz CT molecular complexity index is 1330. The average Bonchev–Trinajstić information content (AvgIpc) is 3.43. The zero-order valence-electron chi connectivity index (χ0n) is 51.7. The molecule has 0 saturated heterocycles. The molecule has 0 spiro atoms. The van der Waals surface area contributed by atoms with Crippen molar-refractivity contribution in [2.75, 3.05) is 13.2 Å². The Morgan fingerprint density at radius 2 is 0.468 bits per heavy atom. The van der Waals surface area contributed by atoms with Crippen LogP contribution in [0.2, 0.25) is 0 Å². The molecule has 0 aromatic carbocycles. The van der Waals surface area contributed by atoms with Crippen LogP contribution in [0.4, 0.5) is 0 Å². The number of allylic oxidation sites excluding steroid dienone is 8. The van der Waals surface area contributed by atoms with Crippen LogP contribution in [0.1, 0.15) is 367 Å². The van der Waals surface area contributed by atoms with E-state index in [9.17, 15) is 14.4 Å². The summed E-state index contributed by atoms with van der Waals surface area (Å²) in [5.74, 6) is -0.855. The second-order valence-electron chi connectivity index (χ2n) is 23.1. The number of carbonyl (C=O) groups is 3. The second kappa shape index (κ2) is 65.9. The minimum atomic E-state index is -0.772. The van der Waals surface area contributed by atoms with Crippen LogP contribution in [-0.2, 0) is 28.6 Å². The maximum absolute atomic E-state index is 12.9. The predicted molar refractivity (Wildman–Crippen MR) is 335 cm³/mol. The summed E-state index contributed by atoms with van der Waals surface area (Å²) >= 11 is 0. The van der Waals surface area contributed by atoms with Crippen molar-refractivity contribution in [2.45, 2.75) is 374 Å². The molecule has 450 valence electrons. The number of unbranched alkanes of at least 4 members (excludes halogenated alkanes) is 44.